The summed E-state index contributed by atoms with van der Waals surface area (Å²) in [5.74, 6) is 1.95. The number of rotatable bonds is 5. The number of hydrogen-bond donors (Lipinski definition) is 1. The lowest BCUT2D eigenvalue weighted by Crippen LogP contribution is -2.39. The van der Waals surface area contributed by atoms with Gasteiger partial charge in [0.25, 0.3) is 0 Å². The maximum Gasteiger partial charge on any atom is 0.193 e. The van der Waals surface area contributed by atoms with E-state index in [4.69, 9.17) is 4.98 Å². The molecule has 0 unspecified atom stereocenters. The molecule has 0 amide bonds. The number of hydrogen-bond acceptors (Lipinski definition) is 3. The third kappa shape index (κ3) is 4.81. The van der Waals surface area contributed by atoms with Crippen molar-refractivity contribution in [3.63, 3.8) is 0 Å². The molecule has 0 spiro atoms. The van der Waals surface area contributed by atoms with Crippen LogP contribution in [0.1, 0.15) is 47.7 Å². The quantitative estimate of drug-likeness (QED) is 0.439. The molecule has 0 radical (unpaired) electrons. The zero-order valence-electron chi connectivity index (χ0n) is 13.6. The predicted molar refractivity (Wildman–Crippen MR) is 104 cm³/mol. The number of aromatic nitrogens is 1. The Morgan fingerprint density at radius 2 is 2.14 bits per heavy atom. The largest absolute Gasteiger partial charge is 0.356 e. The standard InChI is InChI=1S/C16H26N4S.HI/c1-17-16(18-10-9-12-7-8-12)20(2)11-15-19-13-5-3-4-6-14(13)21-15;/h12H,3-11H2,1-2H3,(H,17,18);1H. The highest BCUT2D eigenvalue weighted by atomic mass is 127. The third-order valence-electron chi connectivity index (χ3n) is 4.37. The molecule has 0 saturated heterocycles. The molecular formula is C16H27IN4S. The van der Waals surface area contributed by atoms with Crippen LogP contribution in [0.5, 0.6) is 0 Å². The van der Waals surface area contributed by atoms with Crippen LogP contribution >= 0.6 is 35.3 Å². The molecule has 22 heavy (non-hydrogen) atoms. The molecule has 0 bridgehead atoms. The predicted octanol–water partition coefficient (Wildman–Crippen LogP) is 3.45. The van der Waals surface area contributed by atoms with Gasteiger partial charge in [0.1, 0.15) is 5.01 Å². The van der Waals surface area contributed by atoms with E-state index in [1.807, 2.05) is 18.4 Å². The van der Waals surface area contributed by atoms with Crippen LogP contribution in [0.4, 0.5) is 0 Å². The second-order valence-electron chi connectivity index (χ2n) is 6.25. The number of aryl methyl sites for hydroxylation is 2. The molecule has 2 aliphatic carbocycles. The summed E-state index contributed by atoms with van der Waals surface area (Å²) in [5.41, 5.74) is 1.35. The van der Waals surface area contributed by atoms with E-state index in [9.17, 15) is 0 Å². The molecule has 1 aromatic heterocycles. The molecule has 0 aromatic carbocycles. The van der Waals surface area contributed by atoms with Gasteiger partial charge in [-0.1, -0.05) is 12.8 Å². The maximum absolute atomic E-state index is 4.82. The number of nitrogens with one attached hydrogen (secondary N) is 1. The van der Waals surface area contributed by atoms with E-state index in [0.29, 0.717) is 0 Å². The van der Waals surface area contributed by atoms with Crippen LogP contribution in [0.3, 0.4) is 0 Å². The highest BCUT2D eigenvalue weighted by Gasteiger charge is 2.21. The molecule has 0 aliphatic heterocycles. The summed E-state index contributed by atoms with van der Waals surface area (Å²) in [4.78, 5) is 12.9. The number of aliphatic imine (C=N–C) groups is 1. The van der Waals surface area contributed by atoms with E-state index < -0.39 is 0 Å². The Morgan fingerprint density at radius 1 is 1.36 bits per heavy atom. The zero-order valence-corrected chi connectivity index (χ0v) is 16.7. The normalized spacial score (nSPS) is 17.6. The van der Waals surface area contributed by atoms with Crippen LogP contribution in [0, 0.1) is 5.92 Å². The van der Waals surface area contributed by atoms with Gasteiger partial charge in [0.15, 0.2) is 5.96 Å². The molecule has 2 aliphatic rings. The first-order chi connectivity index (χ1) is 10.3. The van der Waals surface area contributed by atoms with Gasteiger partial charge in [0, 0.05) is 25.5 Å². The van der Waals surface area contributed by atoms with Crippen LogP contribution in [-0.2, 0) is 19.4 Å². The van der Waals surface area contributed by atoms with Gasteiger partial charge in [-0.3, -0.25) is 4.99 Å². The average molecular weight is 434 g/mol. The Kier molecular flexibility index (Phi) is 6.92. The lowest BCUT2D eigenvalue weighted by molar-refractivity contribution is 0.472. The van der Waals surface area contributed by atoms with E-state index in [2.05, 4.69) is 22.3 Å². The molecule has 6 heteroatoms. The molecule has 4 nitrogen and oxygen atoms in total. The van der Waals surface area contributed by atoms with Crippen LogP contribution in [0.2, 0.25) is 0 Å². The Bertz CT molecular complexity index is 487. The van der Waals surface area contributed by atoms with Gasteiger partial charge < -0.3 is 10.2 Å². The number of nitrogens with zero attached hydrogens (tertiary/aromatic N) is 3. The summed E-state index contributed by atoms with van der Waals surface area (Å²) < 4.78 is 0. The average Bonchev–Trinajstić information content (AvgIpc) is 3.21. The fraction of sp³-hybridized carbons (Fsp3) is 0.750. The van der Waals surface area contributed by atoms with Gasteiger partial charge in [-0.05, 0) is 38.0 Å². The van der Waals surface area contributed by atoms with Crippen molar-refractivity contribution in [1.29, 1.82) is 0 Å². The first-order valence-corrected chi connectivity index (χ1v) is 8.97. The number of fused-ring (bicyclic) bond motifs is 1. The Morgan fingerprint density at radius 3 is 2.82 bits per heavy atom. The molecule has 124 valence electrons. The van der Waals surface area contributed by atoms with Crippen molar-refractivity contribution >= 4 is 41.3 Å². The van der Waals surface area contributed by atoms with Crippen LogP contribution in [0.25, 0.3) is 0 Å². The summed E-state index contributed by atoms with van der Waals surface area (Å²) in [6.07, 6.45) is 9.14. The van der Waals surface area contributed by atoms with Crippen LogP contribution in [0.15, 0.2) is 4.99 Å². The minimum absolute atomic E-state index is 0. The van der Waals surface area contributed by atoms with Crippen molar-refractivity contribution in [3.05, 3.63) is 15.6 Å². The van der Waals surface area contributed by atoms with E-state index >= 15 is 0 Å². The highest BCUT2D eigenvalue weighted by molar-refractivity contribution is 14.0. The van der Waals surface area contributed by atoms with E-state index in [1.54, 1.807) is 0 Å². The van der Waals surface area contributed by atoms with E-state index in [-0.39, 0.29) is 24.0 Å². The minimum atomic E-state index is 0. The number of thiazole rings is 1. The third-order valence-corrected chi connectivity index (χ3v) is 5.51. The highest BCUT2D eigenvalue weighted by Crippen LogP contribution is 2.31. The Labute approximate surface area is 154 Å². The summed E-state index contributed by atoms with van der Waals surface area (Å²) in [6, 6.07) is 0. The molecule has 0 atom stereocenters. The van der Waals surface area contributed by atoms with Gasteiger partial charge in [-0.25, -0.2) is 4.98 Å². The smallest absolute Gasteiger partial charge is 0.193 e. The van der Waals surface area contributed by atoms with Crippen molar-refractivity contribution in [2.45, 2.75) is 51.5 Å². The lowest BCUT2D eigenvalue weighted by Gasteiger charge is -2.21. The molecule has 1 N–H and O–H groups in total. The Hall–Kier alpha value is -0.370. The lowest BCUT2D eigenvalue weighted by atomic mass is 10.0. The molecule has 3 rings (SSSR count). The van der Waals surface area contributed by atoms with Crippen molar-refractivity contribution in [2.24, 2.45) is 10.9 Å². The first-order valence-electron chi connectivity index (χ1n) is 8.15. The molecule has 1 saturated carbocycles. The summed E-state index contributed by atoms with van der Waals surface area (Å²) in [5, 5.41) is 4.71. The van der Waals surface area contributed by atoms with Gasteiger partial charge >= 0.3 is 0 Å². The van der Waals surface area contributed by atoms with Crippen molar-refractivity contribution in [2.75, 3.05) is 20.6 Å². The summed E-state index contributed by atoms with van der Waals surface area (Å²) >= 11 is 1.89. The van der Waals surface area contributed by atoms with Crippen LogP contribution in [-0.4, -0.2) is 36.5 Å². The van der Waals surface area contributed by atoms with Crippen molar-refractivity contribution < 1.29 is 0 Å². The zero-order chi connectivity index (χ0) is 14.7. The second kappa shape index (κ2) is 8.47. The van der Waals surface area contributed by atoms with E-state index in [0.717, 1.165) is 25.0 Å². The van der Waals surface area contributed by atoms with E-state index in [1.165, 1.54) is 60.5 Å². The number of halogens is 1. The van der Waals surface area contributed by atoms with Crippen molar-refractivity contribution in [3.8, 4) is 0 Å². The summed E-state index contributed by atoms with van der Waals surface area (Å²) in [7, 11) is 3.97. The SMILES string of the molecule is CN=C(NCCC1CC1)N(C)Cc1nc2c(s1)CCCC2.I. The van der Waals surface area contributed by atoms with Gasteiger partial charge in [0.2, 0.25) is 0 Å². The van der Waals surface area contributed by atoms with Gasteiger partial charge in [-0.2, -0.15) is 0 Å². The maximum atomic E-state index is 4.82. The molecule has 1 aromatic rings. The molecular weight excluding hydrogens is 407 g/mol. The first kappa shape index (κ1) is 18.0. The topological polar surface area (TPSA) is 40.5 Å². The minimum Gasteiger partial charge on any atom is -0.356 e. The molecule has 1 fully saturated rings. The van der Waals surface area contributed by atoms with Gasteiger partial charge in [0.05, 0.1) is 12.2 Å². The monoisotopic (exact) mass is 434 g/mol. The van der Waals surface area contributed by atoms with Gasteiger partial charge in [-0.15, -0.1) is 35.3 Å². The fourth-order valence-electron chi connectivity index (χ4n) is 2.93. The number of guanidine groups is 1. The van der Waals surface area contributed by atoms with Crippen LogP contribution < -0.4 is 5.32 Å². The second-order valence-corrected chi connectivity index (χ2v) is 7.41. The summed E-state index contributed by atoms with van der Waals surface area (Å²) in [6.45, 7) is 1.90. The Balaban J connectivity index is 0.00000176. The fourth-order valence-corrected chi connectivity index (χ4v) is 4.14. The molecule has 1 heterocycles. The van der Waals surface area contributed by atoms with Crippen molar-refractivity contribution in [1.82, 2.24) is 15.2 Å².